The van der Waals surface area contributed by atoms with Crippen LogP contribution in [0.5, 0.6) is 0 Å². The molecule has 0 aromatic heterocycles. The van der Waals surface area contributed by atoms with Crippen LogP contribution in [0.3, 0.4) is 0 Å². The third-order valence-electron chi connectivity index (χ3n) is 13.9. The van der Waals surface area contributed by atoms with Crippen molar-refractivity contribution in [3.8, 4) is 0 Å². The van der Waals surface area contributed by atoms with E-state index in [0.29, 0.717) is 19.3 Å². The van der Waals surface area contributed by atoms with Gasteiger partial charge in [0.05, 0.1) is 0 Å². The molecule has 0 aliphatic carbocycles. The number of esters is 3. The molecule has 0 heterocycles. The molecule has 1 unspecified atom stereocenters. The number of carbonyl (C=O) groups is 3. The lowest BCUT2D eigenvalue weighted by atomic mass is 10.0. The summed E-state index contributed by atoms with van der Waals surface area (Å²) >= 11 is 0. The van der Waals surface area contributed by atoms with Crippen molar-refractivity contribution < 1.29 is 28.6 Å². The molecule has 0 bridgehead atoms. The highest BCUT2D eigenvalue weighted by Crippen LogP contribution is 2.17. The molecule has 0 aromatic carbocycles. The summed E-state index contributed by atoms with van der Waals surface area (Å²) in [5, 5.41) is 0. The lowest BCUT2D eigenvalue weighted by Gasteiger charge is -2.18. The molecule has 0 aliphatic heterocycles. The molecule has 0 spiro atoms. The lowest BCUT2D eigenvalue weighted by Crippen LogP contribution is -2.30. The van der Waals surface area contributed by atoms with Crippen LogP contribution in [-0.4, -0.2) is 37.2 Å². The number of carbonyl (C=O) groups excluding carboxylic acids is 3. The normalized spacial score (nSPS) is 12.5. The van der Waals surface area contributed by atoms with Crippen molar-refractivity contribution >= 4 is 17.9 Å². The van der Waals surface area contributed by atoms with Gasteiger partial charge >= 0.3 is 17.9 Å². The predicted molar refractivity (Wildman–Crippen MR) is 321 cm³/mol. The summed E-state index contributed by atoms with van der Waals surface area (Å²) in [5.41, 5.74) is 0. The Balaban J connectivity index is 4.36. The van der Waals surface area contributed by atoms with Crippen molar-refractivity contribution in [3.63, 3.8) is 0 Å². The zero-order valence-corrected chi connectivity index (χ0v) is 49.1. The second-order valence-electron chi connectivity index (χ2n) is 21.3. The van der Waals surface area contributed by atoms with E-state index >= 15 is 0 Å². The quantitative estimate of drug-likeness (QED) is 0.0261. The minimum atomic E-state index is -0.785. The number of allylic oxidation sites excluding steroid dienone is 12. The molecule has 6 nitrogen and oxygen atoms in total. The van der Waals surface area contributed by atoms with Crippen molar-refractivity contribution in [3.05, 3.63) is 72.9 Å². The van der Waals surface area contributed by atoms with Crippen LogP contribution in [0.15, 0.2) is 72.9 Å². The van der Waals surface area contributed by atoms with Crippen LogP contribution < -0.4 is 0 Å². The summed E-state index contributed by atoms with van der Waals surface area (Å²) in [4.78, 5) is 38.3. The molecule has 0 amide bonds. The molecule has 0 fully saturated rings. The van der Waals surface area contributed by atoms with Gasteiger partial charge in [0.15, 0.2) is 6.10 Å². The molecule has 6 heteroatoms. The monoisotopic (exact) mass is 1030 g/mol. The SMILES string of the molecule is CC/C=C\C/C=C\C/C=C\CCCCCCCC(=O)OCC(COC(=O)CCCCCCCCCC/C=C\C/C=C\C/C=C\CCCCCCC)OC(=O)CCCCCCCCCCCCCCCCCCCC. The van der Waals surface area contributed by atoms with Gasteiger partial charge in [-0.3, -0.25) is 14.4 Å². The topological polar surface area (TPSA) is 78.9 Å². The Morgan fingerprint density at radius 3 is 0.824 bits per heavy atom. The highest BCUT2D eigenvalue weighted by molar-refractivity contribution is 5.71. The average molecular weight is 1030 g/mol. The van der Waals surface area contributed by atoms with E-state index in [0.717, 1.165) is 116 Å². The van der Waals surface area contributed by atoms with E-state index in [1.54, 1.807) is 0 Å². The van der Waals surface area contributed by atoms with Crippen molar-refractivity contribution in [2.75, 3.05) is 13.2 Å². The van der Waals surface area contributed by atoms with Crippen LogP contribution in [0.4, 0.5) is 0 Å². The van der Waals surface area contributed by atoms with E-state index in [1.165, 1.54) is 167 Å². The summed E-state index contributed by atoms with van der Waals surface area (Å²) < 4.78 is 16.9. The van der Waals surface area contributed by atoms with Crippen molar-refractivity contribution in [1.29, 1.82) is 0 Å². The fourth-order valence-corrected chi connectivity index (χ4v) is 9.17. The van der Waals surface area contributed by atoms with Gasteiger partial charge in [0.25, 0.3) is 0 Å². The number of ether oxygens (including phenoxy) is 3. The maximum absolute atomic E-state index is 12.9. The fraction of sp³-hybridized carbons (Fsp3) is 0.779. The lowest BCUT2D eigenvalue weighted by molar-refractivity contribution is -0.167. The van der Waals surface area contributed by atoms with Crippen LogP contribution in [-0.2, 0) is 28.6 Å². The fourth-order valence-electron chi connectivity index (χ4n) is 9.17. The molecule has 0 aromatic rings. The first-order valence-corrected chi connectivity index (χ1v) is 31.9. The molecule has 74 heavy (non-hydrogen) atoms. The molecule has 0 N–H and O–H groups in total. The Morgan fingerprint density at radius 1 is 0.284 bits per heavy atom. The zero-order chi connectivity index (χ0) is 53.6. The van der Waals surface area contributed by atoms with Gasteiger partial charge in [-0.15, -0.1) is 0 Å². The van der Waals surface area contributed by atoms with Gasteiger partial charge < -0.3 is 14.2 Å². The van der Waals surface area contributed by atoms with Gasteiger partial charge in [0, 0.05) is 19.3 Å². The Morgan fingerprint density at radius 2 is 0.527 bits per heavy atom. The second-order valence-corrected chi connectivity index (χ2v) is 21.3. The van der Waals surface area contributed by atoms with E-state index < -0.39 is 6.10 Å². The Hall–Kier alpha value is -3.15. The van der Waals surface area contributed by atoms with Gasteiger partial charge in [-0.1, -0.05) is 286 Å². The van der Waals surface area contributed by atoms with Crippen LogP contribution in [0.2, 0.25) is 0 Å². The van der Waals surface area contributed by atoms with E-state index in [1.807, 2.05) is 0 Å². The average Bonchev–Trinajstić information content (AvgIpc) is 3.40. The minimum Gasteiger partial charge on any atom is -0.462 e. The molecule has 428 valence electrons. The number of hydrogen-bond acceptors (Lipinski definition) is 6. The zero-order valence-electron chi connectivity index (χ0n) is 49.1. The van der Waals surface area contributed by atoms with E-state index in [9.17, 15) is 14.4 Å². The summed E-state index contributed by atoms with van der Waals surface area (Å²) in [6.07, 6.45) is 80.4. The minimum absolute atomic E-state index is 0.0825. The Bertz CT molecular complexity index is 1370. The highest BCUT2D eigenvalue weighted by atomic mass is 16.6. The van der Waals surface area contributed by atoms with Gasteiger partial charge in [-0.05, 0) is 89.9 Å². The summed E-state index contributed by atoms with van der Waals surface area (Å²) in [6, 6.07) is 0. The van der Waals surface area contributed by atoms with E-state index in [2.05, 4.69) is 93.7 Å². The molecule has 0 aliphatic rings. The summed E-state index contributed by atoms with van der Waals surface area (Å²) in [5.74, 6) is -0.890. The third-order valence-corrected chi connectivity index (χ3v) is 13.9. The molecule has 1 atom stereocenters. The number of hydrogen-bond donors (Lipinski definition) is 0. The van der Waals surface area contributed by atoms with Crippen molar-refractivity contribution in [1.82, 2.24) is 0 Å². The molecular formula is C68H120O6. The van der Waals surface area contributed by atoms with E-state index in [4.69, 9.17) is 14.2 Å². The van der Waals surface area contributed by atoms with Crippen molar-refractivity contribution in [2.45, 2.75) is 329 Å². The Labute approximate surface area is 459 Å². The van der Waals surface area contributed by atoms with Gasteiger partial charge in [0.2, 0.25) is 0 Å². The summed E-state index contributed by atoms with van der Waals surface area (Å²) in [7, 11) is 0. The molecule has 0 saturated carbocycles. The molecule has 0 saturated heterocycles. The largest absolute Gasteiger partial charge is 0.462 e. The molecule has 0 radical (unpaired) electrons. The maximum atomic E-state index is 12.9. The van der Waals surface area contributed by atoms with Gasteiger partial charge in [0.1, 0.15) is 13.2 Å². The third kappa shape index (κ3) is 59.7. The van der Waals surface area contributed by atoms with Crippen LogP contribution in [0.25, 0.3) is 0 Å². The van der Waals surface area contributed by atoms with Crippen LogP contribution in [0, 0.1) is 0 Å². The first-order chi connectivity index (χ1) is 36.5. The number of rotatable bonds is 58. The summed E-state index contributed by atoms with van der Waals surface area (Å²) in [6.45, 7) is 6.54. The maximum Gasteiger partial charge on any atom is 0.306 e. The standard InChI is InChI=1S/C68H120O6/c1-4-7-10-13-16-19-22-25-28-30-32-33-34-35-36-38-40-43-46-49-52-55-58-61-67(70)73-64-65(63-72-66(69)60-57-54-51-48-45-42-39-27-24-21-18-15-12-9-6-3)74-68(71)62-59-56-53-50-47-44-41-37-31-29-26-23-20-17-14-11-8-5-2/h9,12,18,21-22,25,27,30,32,34-35,39,65H,4-8,10-11,13-17,19-20,23-24,26,28-29,31,33,36-38,40-64H2,1-3H3/b12-9-,21-18-,25-22-,32-30-,35-34-,39-27-. The van der Waals surface area contributed by atoms with Crippen LogP contribution in [0.1, 0.15) is 323 Å². The highest BCUT2D eigenvalue weighted by Gasteiger charge is 2.19. The smallest absolute Gasteiger partial charge is 0.306 e. The predicted octanol–water partition coefficient (Wildman–Crippen LogP) is 21.7. The Kier molecular flexibility index (Phi) is 59.7. The van der Waals surface area contributed by atoms with Crippen molar-refractivity contribution in [2.24, 2.45) is 0 Å². The second kappa shape index (κ2) is 62.4. The van der Waals surface area contributed by atoms with E-state index in [-0.39, 0.29) is 31.1 Å². The van der Waals surface area contributed by atoms with Crippen LogP contribution >= 0.6 is 0 Å². The number of unbranched alkanes of at least 4 members (excludes halogenated alkanes) is 35. The molecule has 0 rings (SSSR count). The molecular weight excluding hydrogens is 913 g/mol. The first-order valence-electron chi connectivity index (χ1n) is 31.9. The first kappa shape index (κ1) is 70.8. The van der Waals surface area contributed by atoms with Gasteiger partial charge in [-0.2, -0.15) is 0 Å². The van der Waals surface area contributed by atoms with Gasteiger partial charge in [-0.25, -0.2) is 0 Å².